The van der Waals surface area contributed by atoms with Crippen molar-refractivity contribution >= 4 is 17.5 Å². The molecule has 3 rings (SSSR count). The van der Waals surface area contributed by atoms with E-state index in [0.717, 1.165) is 49.8 Å². The summed E-state index contributed by atoms with van der Waals surface area (Å²) in [6, 6.07) is 12.0. The maximum atomic E-state index is 12.7. The molecule has 1 aliphatic heterocycles. The normalized spacial score (nSPS) is 14.3. The molecule has 0 bridgehead atoms. The van der Waals surface area contributed by atoms with Gasteiger partial charge in [0.1, 0.15) is 0 Å². The zero-order valence-electron chi connectivity index (χ0n) is 16.6. The minimum absolute atomic E-state index is 0.111. The number of rotatable bonds is 6. The average molecular weight is 367 g/mol. The number of hydrogen-bond acceptors (Lipinski definition) is 5. The fraction of sp³-hybridized carbons (Fsp3) is 0.476. The Morgan fingerprint density at radius 2 is 1.59 bits per heavy atom. The summed E-state index contributed by atoms with van der Waals surface area (Å²) in [7, 11) is 0. The molecule has 2 aromatic rings. The van der Waals surface area contributed by atoms with Gasteiger partial charge in [0.25, 0.3) is 5.91 Å². The van der Waals surface area contributed by atoms with Gasteiger partial charge in [-0.05, 0) is 50.1 Å². The Bertz CT molecular complexity index is 732. The van der Waals surface area contributed by atoms with Crippen LogP contribution in [0.1, 0.15) is 36.7 Å². The van der Waals surface area contributed by atoms with E-state index in [1.807, 2.05) is 41.3 Å². The van der Waals surface area contributed by atoms with E-state index in [-0.39, 0.29) is 5.91 Å². The van der Waals surface area contributed by atoms with Crippen LogP contribution < -0.4 is 9.80 Å². The number of anilines is 2. The van der Waals surface area contributed by atoms with Gasteiger partial charge in [-0.25, -0.2) is 0 Å². The van der Waals surface area contributed by atoms with Gasteiger partial charge in [-0.3, -0.25) is 4.79 Å². The number of amides is 1. The van der Waals surface area contributed by atoms with E-state index in [9.17, 15) is 4.79 Å². The lowest BCUT2D eigenvalue weighted by Crippen LogP contribution is -2.49. The molecule has 1 fully saturated rings. The molecule has 0 spiro atoms. The summed E-state index contributed by atoms with van der Waals surface area (Å²) in [5, 5.41) is 8.76. The molecule has 27 heavy (non-hydrogen) atoms. The zero-order chi connectivity index (χ0) is 19.2. The Hall–Kier alpha value is -2.63. The molecule has 0 aliphatic carbocycles. The fourth-order valence-corrected chi connectivity index (χ4v) is 3.41. The summed E-state index contributed by atoms with van der Waals surface area (Å²) in [6.45, 7) is 11.1. The van der Waals surface area contributed by atoms with Crippen molar-refractivity contribution < 1.29 is 4.79 Å². The highest BCUT2D eigenvalue weighted by molar-refractivity contribution is 5.94. The van der Waals surface area contributed by atoms with Gasteiger partial charge in [0.2, 0.25) is 0 Å². The maximum Gasteiger partial charge on any atom is 0.253 e. The largest absolute Gasteiger partial charge is 0.356 e. The Labute approximate surface area is 161 Å². The van der Waals surface area contributed by atoms with Crippen molar-refractivity contribution in [1.29, 1.82) is 0 Å². The van der Waals surface area contributed by atoms with Crippen LogP contribution in [0.2, 0.25) is 0 Å². The minimum atomic E-state index is 0.111. The SMILES string of the molecule is CCc1ccc(C(=O)N2CCN(c3ccc(N(CC)CC)nn3)CC2)cc1. The quantitative estimate of drug-likeness (QED) is 0.786. The van der Waals surface area contributed by atoms with E-state index >= 15 is 0 Å². The third kappa shape index (κ3) is 4.38. The molecule has 1 aromatic heterocycles. The van der Waals surface area contributed by atoms with Crippen molar-refractivity contribution in [3.05, 3.63) is 47.5 Å². The summed E-state index contributed by atoms with van der Waals surface area (Å²) in [6.07, 6.45) is 0.987. The van der Waals surface area contributed by atoms with Gasteiger partial charge in [-0.2, -0.15) is 0 Å². The molecule has 2 heterocycles. The third-order valence-corrected chi connectivity index (χ3v) is 5.22. The molecular formula is C21H29N5O. The fourth-order valence-electron chi connectivity index (χ4n) is 3.41. The summed E-state index contributed by atoms with van der Waals surface area (Å²) < 4.78 is 0. The third-order valence-electron chi connectivity index (χ3n) is 5.22. The maximum absolute atomic E-state index is 12.7. The first-order chi connectivity index (χ1) is 13.2. The number of carbonyl (C=O) groups is 1. The monoisotopic (exact) mass is 367 g/mol. The predicted molar refractivity (Wildman–Crippen MR) is 110 cm³/mol. The smallest absolute Gasteiger partial charge is 0.253 e. The molecule has 6 nitrogen and oxygen atoms in total. The number of hydrogen-bond donors (Lipinski definition) is 0. The van der Waals surface area contributed by atoms with Crippen LogP contribution in [-0.2, 0) is 6.42 Å². The molecule has 1 aromatic carbocycles. The highest BCUT2D eigenvalue weighted by Crippen LogP contribution is 2.17. The highest BCUT2D eigenvalue weighted by atomic mass is 16.2. The summed E-state index contributed by atoms with van der Waals surface area (Å²) in [4.78, 5) is 19.0. The van der Waals surface area contributed by atoms with E-state index in [1.165, 1.54) is 5.56 Å². The van der Waals surface area contributed by atoms with Gasteiger partial charge in [0.15, 0.2) is 11.6 Å². The lowest BCUT2D eigenvalue weighted by Gasteiger charge is -2.35. The second-order valence-electron chi connectivity index (χ2n) is 6.75. The molecular weight excluding hydrogens is 338 g/mol. The summed E-state index contributed by atoms with van der Waals surface area (Å²) in [5.74, 6) is 1.90. The molecule has 0 N–H and O–H groups in total. The second kappa shape index (κ2) is 8.84. The Kier molecular flexibility index (Phi) is 6.27. The van der Waals surface area contributed by atoms with Crippen LogP contribution in [0.5, 0.6) is 0 Å². The van der Waals surface area contributed by atoms with Crippen LogP contribution in [0.15, 0.2) is 36.4 Å². The van der Waals surface area contributed by atoms with Gasteiger partial charge in [0.05, 0.1) is 0 Å². The van der Waals surface area contributed by atoms with Crippen molar-refractivity contribution in [1.82, 2.24) is 15.1 Å². The van der Waals surface area contributed by atoms with Crippen LogP contribution in [0.3, 0.4) is 0 Å². The number of piperazine rings is 1. The van der Waals surface area contributed by atoms with Crippen LogP contribution in [-0.4, -0.2) is 60.3 Å². The number of aryl methyl sites for hydroxylation is 1. The molecule has 1 amide bonds. The second-order valence-corrected chi connectivity index (χ2v) is 6.75. The van der Waals surface area contributed by atoms with E-state index in [2.05, 4.69) is 40.8 Å². The van der Waals surface area contributed by atoms with Crippen molar-refractivity contribution in [3.8, 4) is 0 Å². The number of nitrogens with zero attached hydrogens (tertiary/aromatic N) is 5. The molecule has 0 unspecified atom stereocenters. The minimum Gasteiger partial charge on any atom is -0.356 e. The Balaban J connectivity index is 1.58. The first kappa shape index (κ1) is 19.1. The number of aromatic nitrogens is 2. The topological polar surface area (TPSA) is 52.6 Å². The molecule has 144 valence electrons. The zero-order valence-corrected chi connectivity index (χ0v) is 16.6. The van der Waals surface area contributed by atoms with E-state index in [0.29, 0.717) is 13.1 Å². The van der Waals surface area contributed by atoms with Crippen LogP contribution >= 0.6 is 0 Å². The first-order valence-corrected chi connectivity index (χ1v) is 9.88. The standard InChI is InChI=1S/C21H29N5O/c1-4-17-7-9-18(10-8-17)21(27)26-15-13-25(14-16-26)20-12-11-19(22-23-20)24(5-2)6-3/h7-12H,4-6,13-16H2,1-3H3. The van der Waals surface area contributed by atoms with E-state index in [4.69, 9.17) is 0 Å². The summed E-state index contributed by atoms with van der Waals surface area (Å²) >= 11 is 0. The van der Waals surface area contributed by atoms with Crippen molar-refractivity contribution in [2.24, 2.45) is 0 Å². The summed E-state index contributed by atoms with van der Waals surface area (Å²) in [5.41, 5.74) is 2.02. The Morgan fingerprint density at radius 3 is 2.11 bits per heavy atom. The van der Waals surface area contributed by atoms with Gasteiger partial charge < -0.3 is 14.7 Å². The van der Waals surface area contributed by atoms with Gasteiger partial charge in [-0.1, -0.05) is 19.1 Å². The van der Waals surface area contributed by atoms with Gasteiger partial charge in [-0.15, -0.1) is 10.2 Å². The van der Waals surface area contributed by atoms with Crippen LogP contribution in [0, 0.1) is 0 Å². The molecule has 1 saturated heterocycles. The molecule has 6 heteroatoms. The molecule has 1 aliphatic rings. The number of benzene rings is 1. The van der Waals surface area contributed by atoms with Crippen LogP contribution in [0.25, 0.3) is 0 Å². The highest BCUT2D eigenvalue weighted by Gasteiger charge is 2.23. The first-order valence-electron chi connectivity index (χ1n) is 9.88. The lowest BCUT2D eigenvalue weighted by molar-refractivity contribution is 0.0746. The Morgan fingerprint density at radius 1 is 0.926 bits per heavy atom. The lowest BCUT2D eigenvalue weighted by atomic mass is 10.1. The van der Waals surface area contributed by atoms with Crippen molar-refractivity contribution in [3.63, 3.8) is 0 Å². The predicted octanol–water partition coefficient (Wildman–Crippen LogP) is 2.85. The van der Waals surface area contributed by atoms with Crippen molar-refractivity contribution in [2.75, 3.05) is 49.1 Å². The van der Waals surface area contributed by atoms with Crippen LogP contribution in [0.4, 0.5) is 11.6 Å². The van der Waals surface area contributed by atoms with E-state index in [1.54, 1.807) is 0 Å². The van der Waals surface area contributed by atoms with Gasteiger partial charge in [0, 0.05) is 44.8 Å². The van der Waals surface area contributed by atoms with Crippen molar-refractivity contribution in [2.45, 2.75) is 27.2 Å². The average Bonchev–Trinajstić information content (AvgIpc) is 2.75. The van der Waals surface area contributed by atoms with E-state index < -0.39 is 0 Å². The molecule has 0 radical (unpaired) electrons. The number of carbonyl (C=O) groups excluding carboxylic acids is 1. The van der Waals surface area contributed by atoms with Gasteiger partial charge >= 0.3 is 0 Å². The molecule has 0 saturated carbocycles. The molecule has 0 atom stereocenters.